The van der Waals surface area contributed by atoms with Crippen LogP contribution in [0.25, 0.3) is 6.08 Å². The van der Waals surface area contributed by atoms with Crippen molar-refractivity contribution >= 4 is 34.6 Å². The van der Waals surface area contributed by atoms with E-state index in [0.29, 0.717) is 10.1 Å². The van der Waals surface area contributed by atoms with E-state index < -0.39 is 0 Å². The minimum absolute atomic E-state index is 0.188. The molecule has 1 amide bonds. The molecule has 1 aliphatic rings. The van der Waals surface area contributed by atoms with Crippen molar-refractivity contribution < 1.29 is 9.90 Å². The molecule has 1 aliphatic heterocycles. The Morgan fingerprint density at radius 3 is 2.55 bits per heavy atom. The molecular weight excluding hydrogens is 298 g/mol. The predicted molar refractivity (Wildman–Crippen MR) is 89.3 cm³/mol. The number of hydrogen-bond donors (Lipinski definition) is 3. The molecule has 0 radical (unpaired) electrons. The van der Waals surface area contributed by atoms with Crippen molar-refractivity contribution in [3.8, 4) is 5.75 Å². The Morgan fingerprint density at radius 2 is 1.82 bits per heavy atom. The van der Waals surface area contributed by atoms with Crippen LogP contribution in [0.2, 0.25) is 0 Å². The Kier molecular flexibility index (Phi) is 4.11. The van der Waals surface area contributed by atoms with Gasteiger partial charge in [0.25, 0.3) is 5.91 Å². The third-order valence-corrected chi connectivity index (χ3v) is 3.81. The maximum Gasteiger partial charge on any atom is 0.264 e. The molecule has 3 rings (SSSR count). The number of amidine groups is 1. The minimum Gasteiger partial charge on any atom is -0.508 e. The third-order valence-electron chi connectivity index (χ3n) is 2.90. The van der Waals surface area contributed by atoms with Crippen LogP contribution in [0.1, 0.15) is 5.56 Å². The summed E-state index contributed by atoms with van der Waals surface area (Å²) >= 11 is 1.26. The van der Waals surface area contributed by atoms with Crippen LogP contribution >= 0.6 is 11.8 Å². The van der Waals surface area contributed by atoms with Crippen LogP contribution in [-0.4, -0.2) is 16.2 Å². The van der Waals surface area contributed by atoms with E-state index in [9.17, 15) is 9.90 Å². The molecule has 110 valence electrons. The highest BCUT2D eigenvalue weighted by Gasteiger charge is 2.23. The van der Waals surface area contributed by atoms with E-state index in [1.807, 2.05) is 30.3 Å². The Balaban J connectivity index is 1.71. The second-order valence-electron chi connectivity index (χ2n) is 4.55. The summed E-state index contributed by atoms with van der Waals surface area (Å²) in [6.07, 6.45) is 1.75. The van der Waals surface area contributed by atoms with Gasteiger partial charge in [-0.2, -0.15) is 0 Å². The Labute approximate surface area is 131 Å². The molecule has 1 fully saturated rings. The second-order valence-corrected chi connectivity index (χ2v) is 5.58. The van der Waals surface area contributed by atoms with E-state index >= 15 is 0 Å². The number of amides is 1. The van der Waals surface area contributed by atoms with Crippen LogP contribution in [0, 0.1) is 0 Å². The lowest BCUT2D eigenvalue weighted by Gasteiger charge is -1.99. The quantitative estimate of drug-likeness (QED) is 0.602. The molecule has 3 N–H and O–H groups in total. The lowest BCUT2D eigenvalue weighted by molar-refractivity contribution is -0.115. The zero-order chi connectivity index (χ0) is 15.4. The number of nitrogens with zero attached hydrogens (tertiary/aromatic N) is 1. The highest BCUT2D eigenvalue weighted by atomic mass is 32.2. The molecule has 0 bridgehead atoms. The van der Waals surface area contributed by atoms with Gasteiger partial charge < -0.3 is 5.11 Å². The fourth-order valence-electron chi connectivity index (χ4n) is 1.83. The SMILES string of the molecule is O=C1NC(=NNc2ccccc2)SC1=Cc1ccc(O)cc1. The van der Waals surface area contributed by atoms with E-state index in [0.717, 1.165) is 11.3 Å². The van der Waals surface area contributed by atoms with Crippen LogP contribution < -0.4 is 10.7 Å². The Hall–Kier alpha value is -2.73. The van der Waals surface area contributed by atoms with Gasteiger partial charge in [-0.25, -0.2) is 0 Å². The van der Waals surface area contributed by atoms with Gasteiger partial charge in [0.2, 0.25) is 0 Å². The first-order chi connectivity index (χ1) is 10.7. The number of carbonyl (C=O) groups is 1. The first kappa shape index (κ1) is 14.2. The molecule has 2 aromatic carbocycles. The van der Waals surface area contributed by atoms with Gasteiger partial charge in [0, 0.05) is 0 Å². The number of thioether (sulfide) groups is 1. The molecule has 6 heteroatoms. The number of aromatic hydroxyl groups is 1. The van der Waals surface area contributed by atoms with Gasteiger partial charge in [0.05, 0.1) is 10.6 Å². The van der Waals surface area contributed by atoms with E-state index in [4.69, 9.17) is 0 Å². The lowest BCUT2D eigenvalue weighted by atomic mass is 10.2. The predicted octanol–water partition coefficient (Wildman–Crippen LogP) is 2.98. The number of carbonyl (C=O) groups excluding carboxylic acids is 1. The summed E-state index contributed by atoms with van der Waals surface area (Å²) < 4.78 is 0. The second kappa shape index (κ2) is 6.36. The standard InChI is InChI=1S/C16H13N3O2S/c20-13-8-6-11(7-9-13)10-14-15(21)17-16(22-14)19-18-12-4-2-1-3-5-12/h1-10,18,20H,(H,17,19,21). The first-order valence-corrected chi connectivity index (χ1v) is 7.41. The molecule has 0 unspecified atom stereocenters. The largest absolute Gasteiger partial charge is 0.508 e. The van der Waals surface area contributed by atoms with Gasteiger partial charge in [-0.15, -0.1) is 5.10 Å². The number of nitrogens with one attached hydrogen (secondary N) is 2. The van der Waals surface area contributed by atoms with E-state index in [1.165, 1.54) is 11.8 Å². The van der Waals surface area contributed by atoms with Gasteiger partial charge in [-0.3, -0.25) is 15.5 Å². The summed E-state index contributed by atoms with van der Waals surface area (Å²) in [5.41, 5.74) is 4.58. The van der Waals surface area contributed by atoms with Crippen LogP contribution in [-0.2, 0) is 4.79 Å². The van der Waals surface area contributed by atoms with Crippen LogP contribution in [0.4, 0.5) is 5.69 Å². The Bertz CT molecular complexity index is 740. The van der Waals surface area contributed by atoms with Crippen LogP contribution in [0.5, 0.6) is 5.75 Å². The van der Waals surface area contributed by atoms with Crippen molar-refractivity contribution in [3.63, 3.8) is 0 Å². The van der Waals surface area contributed by atoms with Crippen molar-refractivity contribution in [1.82, 2.24) is 5.32 Å². The molecule has 0 spiro atoms. The summed E-state index contributed by atoms with van der Waals surface area (Å²) in [5, 5.41) is 16.6. The molecule has 0 aliphatic carbocycles. The van der Waals surface area contributed by atoms with Crippen molar-refractivity contribution in [1.29, 1.82) is 0 Å². The van der Waals surface area contributed by atoms with Crippen molar-refractivity contribution in [2.24, 2.45) is 5.10 Å². The van der Waals surface area contributed by atoms with Crippen molar-refractivity contribution in [3.05, 3.63) is 65.1 Å². The molecule has 1 saturated heterocycles. The zero-order valence-electron chi connectivity index (χ0n) is 11.5. The Morgan fingerprint density at radius 1 is 1.09 bits per heavy atom. The van der Waals surface area contributed by atoms with Gasteiger partial charge >= 0.3 is 0 Å². The normalized spacial score (nSPS) is 17.7. The molecule has 0 atom stereocenters. The fraction of sp³-hybridized carbons (Fsp3) is 0. The summed E-state index contributed by atoms with van der Waals surface area (Å²) in [6.45, 7) is 0. The molecule has 2 aromatic rings. The first-order valence-electron chi connectivity index (χ1n) is 6.59. The molecule has 22 heavy (non-hydrogen) atoms. The number of para-hydroxylation sites is 1. The van der Waals surface area contributed by atoms with E-state index in [-0.39, 0.29) is 11.7 Å². The lowest BCUT2D eigenvalue weighted by Crippen LogP contribution is -2.20. The molecule has 1 heterocycles. The molecule has 0 aromatic heterocycles. The van der Waals surface area contributed by atoms with Gasteiger partial charge in [0.15, 0.2) is 5.17 Å². The highest BCUT2D eigenvalue weighted by molar-refractivity contribution is 8.18. The maximum absolute atomic E-state index is 11.9. The number of anilines is 1. The monoisotopic (exact) mass is 311 g/mol. The number of hydrogen-bond acceptors (Lipinski definition) is 5. The summed E-state index contributed by atoms with van der Waals surface area (Å²) in [6, 6.07) is 16.1. The number of hydrazone groups is 1. The topological polar surface area (TPSA) is 73.7 Å². The minimum atomic E-state index is -0.188. The van der Waals surface area contributed by atoms with Gasteiger partial charge in [-0.05, 0) is 47.7 Å². The van der Waals surface area contributed by atoms with Gasteiger partial charge in [0.1, 0.15) is 5.75 Å². The zero-order valence-corrected chi connectivity index (χ0v) is 12.3. The summed E-state index contributed by atoms with van der Waals surface area (Å²) in [5.74, 6) is 0.00618. The molecule has 0 saturated carbocycles. The average Bonchev–Trinajstić information content (AvgIpc) is 2.89. The number of rotatable bonds is 3. The van der Waals surface area contributed by atoms with E-state index in [2.05, 4.69) is 15.8 Å². The fourth-order valence-corrected chi connectivity index (χ4v) is 2.61. The van der Waals surface area contributed by atoms with Crippen LogP contribution in [0.15, 0.2) is 64.6 Å². The third kappa shape index (κ3) is 3.48. The smallest absolute Gasteiger partial charge is 0.264 e. The summed E-state index contributed by atoms with van der Waals surface area (Å²) in [4.78, 5) is 12.5. The maximum atomic E-state index is 11.9. The van der Waals surface area contributed by atoms with Gasteiger partial charge in [-0.1, -0.05) is 30.3 Å². The average molecular weight is 311 g/mol. The number of benzene rings is 2. The highest BCUT2D eigenvalue weighted by Crippen LogP contribution is 2.26. The number of phenols is 1. The summed E-state index contributed by atoms with van der Waals surface area (Å²) in [7, 11) is 0. The molecule has 5 nitrogen and oxygen atoms in total. The van der Waals surface area contributed by atoms with Crippen LogP contribution in [0.3, 0.4) is 0 Å². The van der Waals surface area contributed by atoms with E-state index in [1.54, 1.807) is 30.3 Å². The van der Waals surface area contributed by atoms with Crippen molar-refractivity contribution in [2.75, 3.05) is 5.43 Å². The molecular formula is C16H13N3O2S. The number of phenolic OH excluding ortho intramolecular Hbond substituents is 1. The van der Waals surface area contributed by atoms with Crippen molar-refractivity contribution in [2.45, 2.75) is 0 Å².